The smallest absolute Gasteiger partial charge is 0.149 e. The van der Waals surface area contributed by atoms with Crippen molar-refractivity contribution >= 4 is 21.8 Å². The van der Waals surface area contributed by atoms with E-state index in [1.807, 2.05) is 0 Å². The number of hydrogen-bond acceptors (Lipinski definition) is 6. The minimum Gasteiger partial charge on any atom is -0.390 e. The second-order valence-electron chi connectivity index (χ2n) is 2.44. The van der Waals surface area contributed by atoms with E-state index in [9.17, 15) is 8.42 Å². The highest BCUT2D eigenvalue weighted by Crippen LogP contribution is 1.82. The molecular weight excluding hydrogens is 194 g/mol. The lowest BCUT2D eigenvalue weighted by molar-refractivity contribution is 0.359. The SMILES string of the molecule is CS(=O)(=O)CCN=C/C(CO)=N\N. The molecule has 0 saturated carbocycles. The Balaban J connectivity index is 3.90. The maximum atomic E-state index is 10.6. The van der Waals surface area contributed by atoms with Crippen LogP contribution in [0, 0.1) is 0 Å². The number of aliphatic hydroxyl groups is 1. The van der Waals surface area contributed by atoms with Crippen molar-refractivity contribution in [2.75, 3.05) is 25.2 Å². The highest BCUT2D eigenvalue weighted by atomic mass is 32.2. The summed E-state index contributed by atoms with van der Waals surface area (Å²) < 4.78 is 21.3. The zero-order chi connectivity index (χ0) is 10.3. The molecule has 0 aliphatic heterocycles. The van der Waals surface area contributed by atoms with Crippen molar-refractivity contribution in [2.24, 2.45) is 15.9 Å². The monoisotopic (exact) mass is 207 g/mol. The van der Waals surface area contributed by atoms with E-state index in [0.29, 0.717) is 0 Å². The lowest BCUT2D eigenvalue weighted by Gasteiger charge is -1.93. The number of hydrogen-bond donors (Lipinski definition) is 2. The van der Waals surface area contributed by atoms with Crippen LogP contribution in [-0.4, -0.2) is 50.6 Å². The Kier molecular flexibility index (Phi) is 5.24. The quantitative estimate of drug-likeness (QED) is 0.322. The number of nitrogens with two attached hydrogens (primary N) is 1. The molecule has 0 heterocycles. The molecule has 0 spiro atoms. The summed E-state index contributed by atoms with van der Waals surface area (Å²) in [7, 11) is -2.98. The predicted molar refractivity (Wildman–Crippen MR) is 51.8 cm³/mol. The molecule has 13 heavy (non-hydrogen) atoms. The van der Waals surface area contributed by atoms with E-state index >= 15 is 0 Å². The Bertz CT molecular complexity index is 294. The van der Waals surface area contributed by atoms with Crippen molar-refractivity contribution in [2.45, 2.75) is 0 Å². The van der Waals surface area contributed by atoms with Gasteiger partial charge in [0.2, 0.25) is 0 Å². The average molecular weight is 207 g/mol. The first kappa shape index (κ1) is 12.0. The topological polar surface area (TPSA) is 105 Å². The van der Waals surface area contributed by atoms with Gasteiger partial charge in [-0.3, -0.25) is 4.99 Å². The van der Waals surface area contributed by atoms with Crippen LogP contribution in [0.1, 0.15) is 0 Å². The van der Waals surface area contributed by atoms with Gasteiger partial charge in [-0.15, -0.1) is 0 Å². The summed E-state index contributed by atoms with van der Waals surface area (Å²) in [6.07, 6.45) is 2.39. The highest BCUT2D eigenvalue weighted by molar-refractivity contribution is 7.90. The van der Waals surface area contributed by atoms with Crippen molar-refractivity contribution in [1.29, 1.82) is 0 Å². The molecule has 0 unspecified atom stereocenters. The van der Waals surface area contributed by atoms with Gasteiger partial charge in [0, 0.05) is 12.5 Å². The summed E-state index contributed by atoms with van der Waals surface area (Å²) in [6.45, 7) is -0.156. The fourth-order valence-corrected chi connectivity index (χ4v) is 0.940. The molecule has 0 aliphatic rings. The van der Waals surface area contributed by atoms with E-state index < -0.39 is 9.84 Å². The van der Waals surface area contributed by atoms with Gasteiger partial charge in [0.05, 0.1) is 18.9 Å². The molecule has 0 aliphatic carbocycles. The van der Waals surface area contributed by atoms with Crippen LogP contribution in [0.15, 0.2) is 10.1 Å². The molecule has 0 aromatic rings. The average Bonchev–Trinajstić information content (AvgIpc) is 2.03. The molecule has 0 amide bonds. The molecule has 0 fully saturated rings. The van der Waals surface area contributed by atoms with E-state index in [1.165, 1.54) is 6.21 Å². The number of aliphatic hydroxyl groups excluding tert-OH is 1. The van der Waals surface area contributed by atoms with Gasteiger partial charge in [0.15, 0.2) is 0 Å². The lowest BCUT2D eigenvalue weighted by Crippen LogP contribution is -2.11. The summed E-state index contributed by atoms with van der Waals surface area (Å²) in [6, 6.07) is 0. The molecule has 76 valence electrons. The van der Waals surface area contributed by atoms with Crippen molar-refractivity contribution in [3.05, 3.63) is 0 Å². The van der Waals surface area contributed by atoms with Gasteiger partial charge in [-0.05, 0) is 0 Å². The number of nitrogens with zero attached hydrogens (tertiary/aromatic N) is 2. The normalized spacial score (nSPS) is 13.8. The first-order valence-corrected chi connectivity index (χ1v) is 5.61. The van der Waals surface area contributed by atoms with Gasteiger partial charge in [-0.25, -0.2) is 8.42 Å². The standard InChI is InChI=1S/C6H13N3O3S/c1-13(11,12)3-2-8-4-6(5-10)9-7/h4,10H,2-3,5,7H2,1H3/b8-4?,9-6+. The van der Waals surface area contributed by atoms with Gasteiger partial charge in [0.1, 0.15) is 15.5 Å². The van der Waals surface area contributed by atoms with Crippen molar-refractivity contribution in [3.8, 4) is 0 Å². The second kappa shape index (κ2) is 5.65. The summed E-state index contributed by atoms with van der Waals surface area (Å²) in [5.74, 6) is 4.85. The predicted octanol–water partition coefficient (Wildman–Crippen LogP) is -1.59. The van der Waals surface area contributed by atoms with Crippen LogP contribution in [0.2, 0.25) is 0 Å². The minimum atomic E-state index is -2.98. The lowest BCUT2D eigenvalue weighted by atomic mass is 10.4. The van der Waals surface area contributed by atoms with Crippen LogP contribution >= 0.6 is 0 Å². The Morgan fingerprint density at radius 2 is 2.23 bits per heavy atom. The molecular formula is C6H13N3O3S. The fraction of sp³-hybridized carbons (Fsp3) is 0.667. The molecule has 0 atom stereocenters. The molecule has 3 N–H and O–H groups in total. The van der Waals surface area contributed by atoms with E-state index in [4.69, 9.17) is 10.9 Å². The van der Waals surface area contributed by atoms with Gasteiger partial charge < -0.3 is 10.9 Å². The van der Waals surface area contributed by atoms with E-state index in [1.54, 1.807) is 0 Å². The van der Waals surface area contributed by atoms with Crippen molar-refractivity contribution in [1.82, 2.24) is 0 Å². The Morgan fingerprint density at radius 3 is 2.62 bits per heavy atom. The third-order valence-corrected chi connectivity index (χ3v) is 2.08. The van der Waals surface area contributed by atoms with Crippen LogP contribution < -0.4 is 5.84 Å². The third-order valence-electron chi connectivity index (χ3n) is 1.16. The van der Waals surface area contributed by atoms with Crippen LogP contribution in [0.25, 0.3) is 0 Å². The Morgan fingerprint density at radius 1 is 1.62 bits per heavy atom. The first-order chi connectivity index (χ1) is 5.99. The van der Waals surface area contributed by atoms with Crippen LogP contribution in [-0.2, 0) is 9.84 Å². The molecule has 0 bridgehead atoms. The van der Waals surface area contributed by atoms with Gasteiger partial charge >= 0.3 is 0 Å². The number of aliphatic imine (C=N–C) groups is 1. The highest BCUT2D eigenvalue weighted by Gasteiger charge is 1.99. The van der Waals surface area contributed by atoms with E-state index in [0.717, 1.165) is 6.26 Å². The van der Waals surface area contributed by atoms with Crippen LogP contribution in [0.5, 0.6) is 0 Å². The van der Waals surface area contributed by atoms with Crippen LogP contribution in [0.4, 0.5) is 0 Å². The van der Waals surface area contributed by atoms with E-state index in [-0.39, 0.29) is 24.6 Å². The summed E-state index contributed by atoms with van der Waals surface area (Å²) in [5.41, 5.74) is 0.216. The molecule has 0 rings (SSSR count). The Labute approximate surface area is 77.1 Å². The zero-order valence-corrected chi connectivity index (χ0v) is 8.16. The maximum Gasteiger partial charge on any atom is 0.149 e. The molecule has 7 heteroatoms. The maximum absolute atomic E-state index is 10.6. The minimum absolute atomic E-state index is 0.0211. The summed E-state index contributed by atoms with van der Waals surface area (Å²) >= 11 is 0. The number of sulfone groups is 1. The second-order valence-corrected chi connectivity index (χ2v) is 4.70. The summed E-state index contributed by atoms with van der Waals surface area (Å²) in [4.78, 5) is 3.72. The largest absolute Gasteiger partial charge is 0.390 e. The van der Waals surface area contributed by atoms with Gasteiger partial charge in [0.25, 0.3) is 0 Å². The van der Waals surface area contributed by atoms with Gasteiger partial charge in [-0.2, -0.15) is 5.10 Å². The summed E-state index contributed by atoms with van der Waals surface area (Å²) in [5, 5.41) is 11.8. The zero-order valence-electron chi connectivity index (χ0n) is 7.34. The molecule has 6 nitrogen and oxygen atoms in total. The molecule has 0 aromatic heterocycles. The van der Waals surface area contributed by atoms with Gasteiger partial charge in [-0.1, -0.05) is 0 Å². The number of hydrazone groups is 1. The van der Waals surface area contributed by atoms with E-state index in [2.05, 4.69) is 10.1 Å². The third kappa shape index (κ3) is 7.41. The first-order valence-electron chi connectivity index (χ1n) is 3.54. The molecule has 0 saturated heterocycles. The van der Waals surface area contributed by atoms with Crippen molar-refractivity contribution in [3.63, 3.8) is 0 Å². The molecule has 0 radical (unpaired) electrons. The fourth-order valence-electron chi connectivity index (χ4n) is 0.503. The van der Waals surface area contributed by atoms with Crippen LogP contribution in [0.3, 0.4) is 0 Å². The molecule has 0 aromatic carbocycles. The number of rotatable bonds is 5. The Hall–Kier alpha value is -0.950. The van der Waals surface area contributed by atoms with Crippen molar-refractivity contribution < 1.29 is 13.5 Å².